The molecule has 0 saturated heterocycles. The number of benzene rings is 1. The molecule has 0 atom stereocenters. The second-order valence-electron chi connectivity index (χ2n) is 2.36. The van der Waals surface area contributed by atoms with E-state index in [-0.39, 0.29) is 0 Å². The predicted octanol–water partition coefficient (Wildman–Crippen LogP) is 2.37. The summed E-state index contributed by atoms with van der Waals surface area (Å²) in [4.78, 5) is 0. The van der Waals surface area contributed by atoms with Crippen LogP contribution in [-0.4, -0.2) is 6.54 Å². The normalized spacial score (nSPS) is 8.54. The summed E-state index contributed by atoms with van der Waals surface area (Å²) in [5.74, 6) is 2.47. The topological polar surface area (TPSA) is 35.8 Å². The van der Waals surface area contributed by atoms with Crippen LogP contribution in [0.25, 0.3) is 0 Å². The molecule has 0 aliphatic rings. The molecule has 13 heavy (non-hydrogen) atoms. The Labute approximate surface area is 85.7 Å². The summed E-state index contributed by atoms with van der Waals surface area (Å²) < 4.78 is 0.775. The van der Waals surface area contributed by atoms with Gasteiger partial charge in [0.1, 0.15) is 6.07 Å². The summed E-state index contributed by atoms with van der Waals surface area (Å²) in [5, 5.41) is 11.7. The first-order chi connectivity index (χ1) is 6.27. The van der Waals surface area contributed by atoms with Crippen LogP contribution < -0.4 is 5.32 Å². The monoisotopic (exact) mass is 234 g/mol. The van der Waals surface area contributed by atoms with Crippen molar-refractivity contribution >= 4 is 21.6 Å². The van der Waals surface area contributed by atoms with E-state index in [1.807, 2.05) is 12.1 Å². The number of halogens is 1. The van der Waals surface area contributed by atoms with E-state index in [9.17, 15) is 0 Å². The number of nitrogens with one attached hydrogen (secondary N) is 1. The lowest BCUT2D eigenvalue weighted by molar-refractivity contribution is 1.37. The molecule has 2 nitrogen and oxygen atoms in total. The Balaban J connectivity index is 2.86. The maximum atomic E-state index is 8.65. The van der Waals surface area contributed by atoms with E-state index < -0.39 is 0 Å². The van der Waals surface area contributed by atoms with Crippen molar-refractivity contribution in [3.63, 3.8) is 0 Å². The van der Waals surface area contributed by atoms with Gasteiger partial charge in [-0.25, -0.2) is 0 Å². The zero-order valence-corrected chi connectivity index (χ0v) is 8.43. The highest BCUT2D eigenvalue weighted by molar-refractivity contribution is 9.10. The summed E-state index contributed by atoms with van der Waals surface area (Å²) in [7, 11) is 0. The molecule has 64 valence electrons. The average molecular weight is 235 g/mol. The van der Waals surface area contributed by atoms with Gasteiger partial charge in [-0.3, -0.25) is 0 Å². The van der Waals surface area contributed by atoms with Crippen molar-refractivity contribution in [2.75, 3.05) is 11.9 Å². The van der Waals surface area contributed by atoms with Crippen molar-refractivity contribution in [3.8, 4) is 18.4 Å². The van der Waals surface area contributed by atoms with Crippen LogP contribution in [0.1, 0.15) is 5.56 Å². The van der Waals surface area contributed by atoms with E-state index in [0.717, 1.165) is 10.2 Å². The second kappa shape index (κ2) is 4.54. The van der Waals surface area contributed by atoms with Gasteiger partial charge in [0.05, 0.1) is 12.1 Å². The van der Waals surface area contributed by atoms with E-state index >= 15 is 0 Å². The van der Waals surface area contributed by atoms with Crippen LogP contribution in [0.2, 0.25) is 0 Å². The van der Waals surface area contributed by atoms with Crippen LogP contribution in [0.15, 0.2) is 22.7 Å². The number of anilines is 1. The Bertz CT molecular complexity index is 385. The number of rotatable bonds is 2. The Kier molecular flexibility index (Phi) is 3.37. The third-order valence-electron chi connectivity index (χ3n) is 1.48. The van der Waals surface area contributed by atoms with Gasteiger partial charge in [-0.1, -0.05) is 5.92 Å². The predicted molar refractivity (Wildman–Crippen MR) is 56.2 cm³/mol. The zero-order chi connectivity index (χ0) is 9.68. The number of hydrogen-bond donors (Lipinski definition) is 1. The van der Waals surface area contributed by atoms with E-state index in [1.165, 1.54) is 0 Å². The van der Waals surface area contributed by atoms with E-state index in [0.29, 0.717) is 12.1 Å². The van der Waals surface area contributed by atoms with Gasteiger partial charge in [-0.15, -0.1) is 6.42 Å². The molecule has 0 amide bonds. The largest absolute Gasteiger partial charge is 0.374 e. The Hall–Kier alpha value is -1.45. The average Bonchev–Trinajstić information content (AvgIpc) is 2.15. The summed E-state index contributed by atoms with van der Waals surface area (Å²) in [5.41, 5.74) is 1.52. The van der Waals surface area contributed by atoms with Gasteiger partial charge in [-0.2, -0.15) is 5.26 Å². The SMILES string of the molecule is C#CCNc1ccc(C#N)c(Br)c1. The van der Waals surface area contributed by atoms with Crippen LogP contribution in [0.3, 0.4) is 0 Å². The molecule has 1 aromatic rings. The fourth-order valence-corrected chi connectivity index (χ4v) is 1.34. The molecule has 0 unspecified atom stereocenters. The first kappa shape index (κ1) is 9.64. The molecule has 0 heterocycles. The van der Waals surface area contributed by atoms with Crippen molar-refractivity contribution in [3.05, 3.63) is 28.2 Å². The van der Waals surface area contributed by atoms with E-state index in [4.69, 9.17) is 11.7 Å². The van der Waals surface area contributed by atoms with Gasteiger partial charge in [0.25, 0.3) is 0 Å². The molecule has 0 saturated carbocycles. The number of nitriles is 1. The van der Waals surface area contributed by atoms with Crippen molar-refractivity contribution in [2.24, 2.45) is 0 Å². The van der Waals surface area contributed by atoms with Crippen LogP contribution in [-0.2, 0) is 0 Å². The van der Waals surface area contributed by atoms with Crippen molar-refractivity contribution in [1.29, 1.82) is 5.26 Å². The van der Waals surface area contributed by atoms with Crippen LogP contribution in [0.5, 0.6) is 0 Å². The maximum absolute atomic E-state index is 8.65. The van der Waals surface area contributed by atoms with Gasteiger partial charge in [0.2, 0.25) is 0 Å². The molecule has 3 heteroatoms. The summed E-state index contributed by atoms with van der Waals surface area (Å²) in [6.07, 6.45) is 5.09. The maximum Gasteiger partial charge on any atom is 0.100 e. The Morgan fingerprint density at radius 2 is 2.31 bits per heavy atom. The molecule has 1 rings (SSSR count). The lowest BCUT2D eigenvalue weighted by Crippen LogP contribution is -1.98. The molecular weight excluding hydrogens is 228 g/mol. The molecule has 0 spiro atoms. The first-order valence-corrected chi connectivity index (χ1v) is 4.44. The standard InChI is InChI=1S/C10H7BrN2/c1-2-5-13-9-4-3-8(7-12)10(11)6-9/h1,3-4,6,13H,5H2. The van der Waals surface area contributed by atoms with Crippen LogP contribution in [0, 0.1) is 23.7 Å². The zero-order valence-electron chi connectivity index (χ0n) is 6.84. The number of hydrogen-bond acceptors (Lipinski definition) is 2. The number of terminal acetylenes is 1. The van der Waals surface area contributed by atoms with E-state index in [1.54, 1.807) is 6.07 Å². The van der Waals surface area contributed by atoms with E-state index in [2.05, 4.69) is 33.2 Å². The highest BCUT2D eigenvalue weighted by Gasteiger charge is 1.98. The minimum atomic E-state index is 0.484. The molecule has 0 aliphatic carbocycles. The lowest BCUT2D eigenvalue weighted by atomic mass is 10.2. The number of nitrogens with zero attached hydrogens (tertiary/aromatic N) is 1. The fraction of sp³-hybridized carbons (Fsp3) is 0.100. The van der Waals surface area contributed by atoms with Crippen molar-refractivity contribution < 1.29 is 0 Å². The minimum absolute atomic E-state index is 0.484. The molecule has 1 N–H and O–H groups in total. The quantitative estimate of drug-likeness (QED) is 0.798. The third kappa shape index (κ3) is 2.50. The first-order valence-electron chi connectivity index (χ1n) is 3.65. The third-order valence-corrected chi connectivity index (χ3v) is 2.14. The van der Waals surface area contributed by atoms with Crippen LogP contribution >= 0.6 is 15.9 Å². The second-order valence-corrected chi connectivity index (χ2v) is 3.22. The molecule has 0 aliphatic heterocycles. The fourth-order valence-electron chi connectivity index (χ4n) is 0.869. The molecule has 0 fully saturated rings. The minimum Gasteiger partial charge on any atom is -0.374 e. The Morgan fingerprint density at radius 3 is 2.85 bits per heavy atom. The van der Waals surface area contributed by atoms with Crippen molar-refractivity contribution in [1.82, 2.24) is 0 Å². The highest BCUT2D eigenvalue weighted by atomic mass is 79.9. The van der Waals surface area contributed by atoms with Gasteiger partial charge < -0.3 is 5.32 Å². The summed E-state index contributed by atoms with van der Waals surface area (Å²) in [6, 6.07) is 7.45. The summed E-state index contributed by atoms with van der Waals surface area (Å²) in [6.45, 7) is 0.484. The van der Waals surface area contributed by atoms with Crippen molar-refractivity contribution in [2.45, 2.75) is 0 Å². The lowest BCUT2D eigenvalue weighted by Gasteiger charge is -2.03. The highest BCUT2D eigenvalue weighted by Crippen LogP contribution is 2.20. The smallest absolute Gasteiger partial charge is 0.100 e. The molecular formula is C10H7BrN2. The van der Waals surface area contributed by atoms with Gasteiger partial charge in [0.15, 0.2) is 0 Å². The molecule has 0 aromatic heterocycles. The molecule has 0 radical (unpaired) electrons. The van der Waals surface area contributed by atoms with Gasteiger partial charge >= 0.3 is 0 Å². The Morgan fingerprint density at radius 1 is 1.54 bits per heavy atom. The summed E-state index contributed by atoms with van der Waals surface area (Å²) >= 11 is 3.29. The molecule has 1 aromatic carbocycles. The molecule has 0 bridgehead atoms. The van der Waals surface area contributed by atoms with Crippen LogP contribution in [0.4, 0.5) is 5.69 Å². The van der Waals surface area contributed by atoms with Gasteiger partial charge in [-0.05, 0) is 34.1 Å². The van der Waals surface area contributed by atoms with Gasteiger partial charge in [0, 0.05) is 10.2 Å².